The Bertz CT molecular complexity index is 8.90. The van der Waals surface area contributed by atoms with Crippen LogP contribution < -0.4 is 6.15 Å². The van der Waals surface area contributed by atoms with Crippen molar-refractivity contribution in [1.82, 2.24) is 6.15 Å². The molecule has 0 aromatic carbocycles. The van der Waals surface area contributed by atoms with Crippen LogP contribution in [0.25, 0.3) is 0 Å². The highest BCUT2D eigenvalue weighted by Gasteiger charge is 0.605. The molecule has 0 saturated carbocycles. The summed E-state index contributed by atoms with van der Waals surface area (Å²) < 4.78 is 0. The molecular weight excluding hydrogens is 86.1 g/mol. The minimum absolute atomic E-state index is 0. The van der Waals surface area contributed by atoms with Gasteiger partial charge in [-0.3, -0.25) is 0 Å². The minimum atomic E-state index is 0. The molecule has 0 rings (SSSR count). The molecule has 0 fully saturated rings. The van der Waals surface area contributed by atoms with E-state index in [-0.39, 0.29) is 6.15 Å². The first kappa shape index (κ1) is 34.9. The van der Waals surface area contributed by atoms with Gasteiger partial charge in [-0.05, 0) is 0 Å². The Labute approximate surface area is 46.6 Å². The maximum Gasteiger partial charge on any atom is -0.106 e. The molecule has 0 aliphatic heterocycles. The van der Waals surface area contributed by atoms with Crippen molar-refractivity contribution in [3.05, 3.63) is 39.5 Å². The standard InChI is InChI=1S/3C2H4.H3N/c3*1-2;/h3*1-2H2;1H3. The lowest BCUT2D eigenvalue weighted by Gasteiger charge is -0.813. The number of rotatable bonds is 0. The van der Waals surface area contributed by atoms with Crippen LogP contribution in [-0.2, 0) is 0 Å². The first-order chi connectivity index (χ1) is 3.00. The zero-order valence-electron chi connectivity index (χ0n) is 4.95. The molecule has 0 aliphatic rings. The summed E-state index contributed by atoms with van der Waals surface area (Å²) >= 11 is 0. The van der Waals surface area contributed by atoms with E-state index in [2.05, 4.69) is 39.5 Å². The molecule has 0 spiro atoms. The third-order valence-electron chi connectivity index (χ3n) is 0. The van der Waals surface area contributed by atoms with E-state index in [1.165, 1.54) is 0 Å². The summed E-state index contributed by atoms with van der Waals surface area (Å²) in [5, 5.41) is 0. The summed E-state index contributed by atoms with van der Waals surface area (Å²) in [5.41, 5.74) is 0. The van der Waals surface area contributed by atoms with Gasteiger partial charge in [-0.15, -0.1) is 39.5 Å². The van der Waals surface area contributed by atoms with Gasteiger partial charge in [-0.25, -0.2) is 0 Å². The molecule has 0 amide bonds. The molecule has 0 atom stereocenters. The second kappa shape index (κ2) is 135. The Morgan fingerprint density at radius 1 is 0.429 bits per heavy atom. The van der Waals surface area contributed by atoms with Gasteiger partial charge in [0, 0.05) is 0 Å². The van der Waals surface area contributed by atoms with Crippen LogP contribution in [0, 0.1) is 0 Å². The van der Waals surface area contributed by atoms with Gasteiger partial charge < -0.3 is 6.15 Å². The molecule has 0 aromatic heterocycles. The van der Waals surface area contributed by atoms with Crippen molar-refractivity contribution >= 4 is 0 Å². The highest BCUT2D eigenvalue weighted by molar-refractivity contribution is 4.22. The Hall–Kier alpha value is -0.820. The monoisotopic (exact) mass is 101 g/mol. The molecule has 0 heterocycles. The molecule has 0 radical (unpaired) electrons. The quantitative estimate of drug-likeness (QED) is 0.467. The summed E-state index contributed by atoms with van der Waals surface area (Å²) in [7, 11) is 0. The Balaban J connectivity index is -0.00000000900. The van der Waals surface area contributed by atoms with Gasteiger partial charge in [0.15, 0.2) is 0 Å². The third kappa shape index (κ3) is 77.9. The summed E-state index contributed by atoms with van der Waals surface area (Å²) in [6.45, 7) is 18.0. The first-order valence-corrected chi connectivity index (χ1v) is 1.50. The molecule has 0 unspecified atom stereocenters. The predicted octanol–water partition coefficient (Wildman–Crippen LogP) is 2.57. The maximum atomic E-state index is 3.00. The van der Waals surface area contributed by atoms with Crippen LogP contribution in [0.5, 0.6) is 0 Å². The molecule has 0 saturated heterocycles. The van der Waals surface area contributed by atoms with Crippen molar-refractivity contribution in [1.29, 1.82) is 0 Å². The molecule has 0 bridgehead atoms. The Morgan fingerprint density at radius 2 is 0.429 bits per heavy atom. The molecule has 1 heteroatoms. The molecule has 0 aromatic rings. The van der Waals surface area contributed by atoms with Gasteiger partial charge in [0.25, 0.3) is 0 Å². The van der Waals surface area contributed by atoms with Crippen molar-refractivity contribution < 1.29 is 0 Å². The highest BCUT2D eigenvalue weighted by Crippen LogP contribution is 0.866. The second-order valence-electron chi connectivity index (χ2n) is 0. The maximum absolute atomic E-state index is 3.00. The zero-order chi connectivity index (χ0) is 6.00. The van der Waals surface area contributed by atoms with Crippen molar-refractivity contribution in [2.45, 2.75) is 0 Å². The van der Waals surface area contributed by atoms with Crippen LogP contribution in [0.1, 0.15) is 0 Å². The lowest BCUT2D eigenvalue weighted by molar-refractivity contribution is 2.13. The van der Waals surface area contributed by atoms with Gasteiger partial charge in [0.1, 0.15) is 0 Å². The smallest absolute Gasteiger partial charge is 0.106 e. The van der Waals surface area contributed by atoms with Crippen molar-refractivity contribution in [2.75, 3.05) is 0 Å². The second-order valence-corrected chi connectivity index (χ2v) is 0. The van der Waals surface area contributed by atoms with E-state index in [9.17, 15) is 0 Å². The SMILES string of the molecule is C=C.C=C.C=C.N. The Kier molecular flexibility index (Phi) is 671. The molecule has 1 nitrogen and oxygen atoms in total. The lowest BCUT2D eigenvalue weighted by Crippen LogP contribution is -0.552. The van der Waals surface area contributed by atoms with Gasteiger partial charge in [0.2, 0.25) is 0 Å². The Morgan fingerprint density at radius 3 is 0.429 bits per heavy atom. The summed E-state index contributed by atoms with van der Waals surface area (Å²) in [6, 6.07) is 0. The number of hydrogen-bond acceptors (Lipinski definition) is 1. The van der Waals surface area contributed by atoms with E-state index < -0.39 is 0 Å². The van der Waals surface area contributed by atoms with Gasteiger partial charge in [-0.1, -0.05) is 0 Å². The van der Waals surface area contributed by atoms with Crippen LogP contribution in [0.15, 0.2) is 39.5 Å². The summed E-state index contributed by atoms with van der Waals surface area (Å²) in [4.78, 5) is 0. The van der Waals surface area contributed by atoms with Crippen LogP contribution in [0.4, 0.5) is 0 Å². The summed E-state index contributed by atoms with van der Waals surface area (Å²) in [5.74, 6) is 0. The average Bonchev–Trinajstić information content (AvgIpc) is 1.81. The van der Waals surface area contributed by atoms with E-state index in [0.717, 1.165) is 0 Å². The van der Waals surface area contributed by atoms with E-state index >= 15 is 0 Å². The van der Waals surface area contributed by atoms with Crippen molar-refractivity contribution in [2.24, 2.45) is 0 Å². The van der Waals surface area contributed by atoms with Gasteiger partial charge >= 0.3 is 0 Å². The molecule has 0 aliphatic carbocycles. The fourth-order valence-corrected chi connectivity index (χ4v) is 0. The normalized spacial score (nSPS) is 1.71. The highest BCUT2D eigenvalue weighted by atomic mass is 14.0. The molecular formula is C6H15N. The lowest BCUT2D eigenvalue weighted by atomic mass is 11.3. The van der Waals surface area contributed by atoms with Crippen LogP contribution in [0.2, 0.25) is 0 Å². The van der Waals surface area contributed by atoms with Crippen LogP contribution in [0.3, 0.4) is 0 Å². The fourth-order valence-electron chi connectivity index (χ4n) is 0. The largest absolute Gasteiger partial charge is 0.344 e. The van der Waals surface area contributed by atoms with Crippen LogP contribution in [-0.4, -0.2) is 0 Å². The van der Waals surface area contributed by atoms with Crippen LogP contribution >= 0.6 is 0 Å². The summed E-state index contributed by atoms with van der Waals surface area (Å²) in [6.07, 6.45) is 0. The zero-order valence-corrected chi connectivity index (χ0v) is 4.95. The van der Waals surface area contributed by atoms with Gasteiger partial charge in [0.05, 0.1) is 0 Å². The fraction of sp³-hybridized carbons (Fsp3) is 0. The van der Waals surface area contributed by atoms with Crippen molar-refractivity contribution in [3.8, 4) is 0 Å². The average molecular weight is 101 g/mol. The topological polar surface area (TPSA) is 35.0 Å². The van der Waals surface area contributed by atoms with Crippen molar-refractivity contribution in [3.63, 3.8) is 0 Å². The molecule has 7 heavy (non-hydrogen) atoms. The van der Waals surface area contributed by atoms with E-state index in [0.29, 0.717) is 0 Å². The van der Waals surface area contributed by atoms with E-state index in [1.54, 1.807) is 0 Å². The molecule has 3 N–H and O–H groups in total. The third-order valence-corrected chi connectivity index (χ3v) is 0. The van der Waals surface area contributed by atoms with Gasteiger partial charge in [-0.2, -0.15) is 0 Å². The molecule has 44 valence electrons. The first-order valence-electron chi connectivity index (χ1n) is 1.50. The number of hydrogen-bond donors (Lipinski definition) is 1. The van der Waals surface area contributed by atoms with E-state index in [4.69, 9.17) is 0 Å². The minimum Gasteiger partial charge on any atom is -0.344 e. The predicted molar refractivity (Wildman–Crippen MR) is 38.8 cm³/mol. The van der Waals surface area contributed by atoms with E-state index in [1.807, 2.05) is 0 Å².